The number of rotatable bonds is 5. The maximum Gasteiger partial charge on any atom is 0.0754 e. The molecule has 1 aliphatic heterocycles. The fourth-order valence-electron chi connectivity index (χ4n) is 5.19. The van der Waals surface area contributed by atoms with E-state index in [1.54, 1.807) is 0 Å². The Labute approximate surface area is 174 Å². The molecule has 2 N–H and O–H groups in total. The molecule has 0 unspecified atom stereocenters. The quantitative estimate of drug-likeness (QED) is 0.590. The van der Waals surface area contributed by atoms with E-state index in [2.05, 4.69) is 98.0 Å². The minimum Gasteiger partial charge on any atom is -0.389 e. The van der Waals surface area contributed by atoms with E-state index in [-0.39, 0.29) is 18.0 Å². The van der Waals surface area contributed by atoms with Crippen molar-refractivity contribution < 1.29 is 5.11 Å². The number of aliphatic hydroxyl groups is 1. The second-order valence-corrected chi connectivity index (χ2v) is 8.76. The summed E-state index contributed by atoms with van der Waals surface area (Å²) in [4.78, 5) is 0. The van der Waals surface area contributed by atoms with E-state index < -0.39 is 5.60 Å². The monoisotopic (exact) mass is 385 g/mol. The van der Waals surface area contributed by atoms with Crippen molar-refractivity contribution >= 4 is 0 Å². The summed E-state index contributed by atoms with van der Waals surface area (Å²) in [5.74, 6) is 0.461. The largest absolute Gasteiger partial charge is 0.389 e. The molecule has 1 fully saturated rings. The molecule has 2 nitrogen and oxygen atoms in total. The summed E-state index contributed by atoms with van der Waals surface area (Å²) in [6.07, 6.45) is 1.38. The number of benzene rings is 3. The first-order valence-corrected chi connectivity index (χ1v) is 10.7. The molecule has 4 atom stereocenters. The Balaban J connectivity index is 1.77. The molecule has 0 spiro atoms. The van der Waals surface area contributed by atoms with Crippen molar-refractivity contribution in [3.05, 3.63) is 108 Å². The van der Waals surface area contributed by atoms with E-state index in [1.165, 1.54) is 16.7 Å². The highest BCUT2D eigenvalue weighted by atomic mass is 16.3. The van der Waals surface area contributed by atoms with Crippen molar-refractivity contribution in [3.8, 4) is 0 Å². The highest BCUT2D eigenvalue weighted by Gasteiger charge is 2.49. The van der Waals surface area contributed by atoms with Crippen molar-refractivity contribution in [2.45, 2.75) is 44.4 Å². The summed E-state index contributed by atoms with van der Waals surface area (Å²) in [7, 11) is 0. The summed E-state index contributed by atoms with van der Waals surface area (Å²) < 4.78 is 0. The molecule has 1 saturated heterocycles. The zero-order valence-electron chi connectivity index (χ0n) is 17.3. The van der Waals surface area contributed by atoms with E-state index in [9.17, 15) is 5.11 Å². The van der Waals surface area contributed by atoms with E-state index in [1.807, 2.05) is 12.1 Å². The van der Waals surface area contributed by atoms with Crippen molar-refractivity contribution in [2.24, 2.45) is 11.8 Å². The minimum absolute atomic E-state index is 0.101. The van der Waals surface area contributed by atoms with Gasteiger partial charge in [-0.1, -0.05) is 105 Å². The van der Waals surface area contributed by atoms with E-state index in [0.717, 1.165) is 0 Å². The van der Waals surface area contributed by atoms with Crippen LogP contribution < -0.4 is 5.32 Å². The standard InChI is InChI=1S/C27H31NO/c1-20(2)25-26(23-16-10-5-11-17-23)28-24(22-14-8-4-9-15-22)19-27(25,29)18-21-12-6-3-7-13-21/h3-17,20,24-26,28-29H,18-19H2,1-2H3/t24-,25+,26-,27-/m0/s1. The third kappa shape index (κ3) is 4.29. The van der Waals surface area contributed by atoms with Gasteiger partial charge in [0.25, 0.3) is 0 Å². The van der Waals surface area contributed by atoms with Crippen molar-refractivity contribution in [3.63, 3.8) is 0 Å². The van der Waals surface area contributed by atoms with Gasteiger partial charge in [-0.25, -0.2) is 0 Å². The normalized spacial score (nSPS) is 27.1. The molecule has 0 amide bonds. The van der Waals surface area contributed by atoms with Crippen LogP contribution in [-0.4, -0.2) is 10.7 Å². The van der Waals surface area contributed by atoms with Crippen LogP contribution in [0.3, 0.4) is 0 Å². The minimum atomic E-state index is -0.790. The summed E-state index contributed by atoms with van der Waals surface area (Å²) in [6.45, 7) is 4.47. The Hall–Kier alpha value is -2.42. The molecule has 3 aromatic rings. The van der Waals surface area contributed by atoms with Gasteiger partial charge in [-0.05, 0) is 29.0 Å². The molecule has 0 aliphatic carbocycles. The first-order chi connectivity index (χ1) is 14.1. The van der Waals surface area contributed by atoms with Crippen LogP contribution in [0, 0.1) is 11.8 Å². The van der Waals surface area contributed by atoms with Crippen molar-refractivity contribution in [2.75, 3.05) is 0 Å². The molecule has 1 aliphatic rings. The maximum atomic E-state index is 12.2. The predicted molar refractivity (Wildman–Crippen MR) is 120 cm³/mol. The van der Waals surface area contributed by atoms with Crippen LogP contribution in [0.4, 0.5) is 0 Å². The molecular formula is C27H31NO. The lowest BCUT2D eigenvalue weighted by molar-refractivity contribution is -0.0920. The van der Waals surface area contributed by atoms with Gasteiger partial charge in [0, 0.05) is 24.4 Å². The molecule has 3 aromatic carbocycles. The first-order valence-electron chi connectivity index (χ1n) is 10.7. The molecule has 0 radical (unpaired) electrons. The van der Waals surface area contributed by atoms with Gasteiger partial charge in [0.2, 0.25) is 0 Å². The average Bonchev–Trinajstić information content (AvgIpc) is 2.74. The Bertz CT molecular complexity index is 894. The lowest BCUT2D eigenvalue weighted by Gasteiger charge is -2.51. The molecule has 2 heteroatoms. The van der Waals surface area contributed by atoms with E-state index in [0.29, 0.717) is 18.8 Å². The zero-order valence-corrected chi connectivity index (χ0v) is 17.3. The fraction of sp³-hybridized carbons (Fsp3) is 0.333. The van der Waals surface area contributed by atoms with Crippen molar-refractivity contribution in [1.29, 1.82) is 0 Å². The Morgan fingerprint density at radius 3 is 1.90 bits per heavy atom. The maximum absolute atomic E-state index is 12.2. The highest BCUT2D eigenvalue weighted by Crippen LogP contribution is 2.47. The third-order valence-corrected chi connectivity index (χ3v) is 6.35. The second-order valence-electron chi connectivity index (χ2n) is 8.76. The van der Waals surface area contributed by atoms with Gasteiger partial charge in [-0.3, -0.25) is 0 Å². The van der Waals surface area contributed by atoms with Crippen molar-refractivity contribution in [1.82, 2.24) is 5.32 Å². The Morgan fingerprint density at radius 2 is 1.34 bits per heavy atom. The van der Waals surface area contributed by atoms with E-state index >= 15 is 0 Å². The van der Waals surface area contributed by atoms with Crippen LogP contribution in [-0.2, 0) is 6.42 Å². The summed E-state index contributed by atoms with van der Waals surface area (Å²) in [5, 5.41) is 16.1. The highest BCUT2D eigenvalue weighted by molar-refractivity contribution is 5.29. The van der Waals surface area contributed by atoms with Gasteiger partial charge in [-0.15, -0.1) is 0 Å². The summed E-state index contributed by atoms with van der Waals surface area (Å²) in [6, 6.07) is 31.8. The number of hydrogen-bond donors (Lipinski definition) is 2. The smallest absolute Gasteiger partial charge is 0.0754 e. The third-order valence-electron chi connectivity index (χ3n) is 6.35. The number of nitrogens with one attached hydrogen (secondary N) is 1. The van der Waals surface area contributed by atoms with Crippen LogP contribution >= 0.6 is 0 Å². The SMILES string of the molecule is CC(C)[C@@H]1[C@H](c2ccccc2)N[C@H](c2ccccc2)C[C@@]1(O)Cc1ccccc1. The topological polar surface area (TPSA) is 32.3 Å². The van der Waals surface area contributed by atoms with Gasteiger partial charge in [0.1, 0.15) is 0 Å². The van der Waals surface area contributed by atoms with Gasteiger partial charge in [-0.2, -0.15) is 0 Å². The van der Waals surface area contributed by atoms with Gasteiger partial charge in [0.15, 0.2) is 0 Å². The first kappa shape index (κ1) is 19.9. The lowest BCUT2D eigenvalue weighted by Crippen LogP contribution is -2.56. The van der Waals surface area contributed by atoms with Crippen LogP contribution in [0.5, 0.6) is 0 Å². The average molecular weight is 386 g/mol. The molecule has 0 aromatic heterocycles. The van der Waals surface area contributed by atoms with Gasteiger partial charge in [0.05, 0.1) is 5.60 Å². The predicted octanol–water partition coefficient (Wildman–Crippen LogP) is 5.71. The molecule has 0 bridgehead atoms. The summed E-state index contributed by atoms with van der Waals surface area (Å²) in [5.41, 5.74) is 2.89. The van der Waals surface area contributed by atoms with Crippen LogP contribution in [0.15, 0.2) is 91.0 Å². The zero-order chi connectivity index (χ0) is 20.3. The van der Waals surface area contributed by atoms with Crippen LogP contribution in [0.2, 0.25) is 0 Å². The van der Waals surface area contributed by atoms with E-state index in [4.69, 9.17) is 0 Å². The Morgan fingerprint density at radius 1 is 0.828 bits per heavy atom. The number of hydrogen-bond acceptors (Lipinski definition) is 2. The van der Waals surface area contributed by atoms with Gasteiger partial charge < -0.3 is 10.4 Å². The lowest BCUT2D eigenvalue weighted by atomic mass is 9.64. The van der Waals surface area contributed by atoms with Crippen LogP contribution in [0.25, 0.3) is 0 Å². The Kier molecular flexibility index (Phi) is 5.84. The molecular weight excluding hydrogens is 354 g/mol. The van der Waals surface area contributed by atoms with Gasteiger partial charge >= 0.3 is 0 Å². The molecule has 1 heterocycles. The summed E-state index contributed by atoms with van der Waals surface area (Å²) >= 11 is 0. The fourth-order valence-corrected chi connectivity index (χ4v) is 5.19. The molecule has 0 saturated carbocycles. The number of piperidine rings is 1. The molecule has 29 heavy (non-hydrogen) atoms. The second kappa shape index (κ2) is 8.52. The van der Waals surface area contributed by atoms with Crippen LogP contribution in [0.1, 0.15) is 49.0 Å². The molecule has 4 rings (SSSR count). The molecule has 150 valence electrons.